The van der Waals surface area contributed by atoms with Gasteiger partial charge >= 0.3 is 0 Å². The quantitative estimate of drug-likeness (QED) is 0.793. The summed E-state index contributed by atoms with van der Waals surface area (Å²) in [4.78, 5) is 4.95. The summed E-state index contributed by atoms with van der Waals surface area (Å²) in [6.45, 7) is 11.0. The average molecular weight is 375 g/mol. The summed E-state index contributed by atoms with van der Waals surface area (Å²) < 4.78 is 5.43. The normalized spacial score (nSPS) is 21.2. The molecule has 0 atom stereocenters. The summed E-state index contributed by atoms with van der Waals surface area (Å²) in [7, 11) is 0. The second-order valence-corrected chi connectivity index (χ2v) is 7.69. The van der Waals surface area contributed by atoms with Gasteiger partial charge in [-0.3, -0.25) is 9.91 Å². The number of rotatable bonds is 5. The highest BCUT2D eigenvalue weighted by molar-refractivity contribution is 6.30. The summed E-state index contributed by atoms with van der Waals surface area (Å²) in [6, 6.07) is 8.18. The molecule has 0 aromatic heterocycles. The maximum Gasteiger partial charge on any atom is 0.0690 e. The van der Waals surface area contributed by atoms with Crippen LogP contribution in [-0.4, -0.2) is 73.0 Å². The van der Waals surface area contributed by atoms with Gasteiger partial charge in [-0.1, -0.05) is 23.7 Å². The van der Waals surface area contributed by atoms with Crippen LogP contribution in [0.25, 0.3) is 0 Å². The highest BCUT2D eigenvalue weighted by atomic mass is 35.5. The first kappa shape index (κ1) is 17.8. The lowest BCUT2D eigenvalue weighted by atomic mass is 10.0. The van der Waals surface area contributed by atoms with Crippen LogP contribution in [0.4, 0.5) is 0 Å². The molecule has 3 aliphatic rings. The van der Waals surface area contributed by atoms with E-state index in [2.05, 4.69) is 33.9 Å². The summed E-state index contributed by atoms with van der Waals surface area (Å²) in [6.07, 6.45) is 1.04. The molecule has 1 aromatic carbocycles. The first-order chi connectivity index (χ1) is 12.7. The van der Waals surface area contributed by atoms with E-state index in [-0.39, 0.29) is 0 Å². The van der Waals surface area contributed by atoms with Crippen LogP contribution in [0.2, 0.25) is 5.02 Å². The van der Waals surface area contributed by atoms with Gasteiger partial charge in [0, 0.05) is 62.0 Å². The van der Waals surface area contributed by atoms with Crippen LogP contribution in [0, 0.1) is 0 Å². The standard InChI is InChI=1S/C20H27ClN4O/c1-16-19-15-25(9-8-23-10-12-26-13-11-23)22-20(19)6-7-24(16)14-17-2-4-18(21)5-3-17/h2-5H,6-15H2,1H3. The number of allylic oxidation sites excluding steroid dienone is 1. The zero-order chi connectivity index (χ0) is 17.9. The lowest BCUT2D eigenvalue weighted by molar-refractivity contribution is 0.0342. The Bertz CT molecular complexity index is 694. The molecule has 0 saturated carbocycles. The van der Waals surface area contributed by atoms with E-state index in [9.17, 15) is 0 Å². The number of hydrogen-bond acceptors (Lipinski definition) is 5. The van der Waals surface area contributed by atoms with Crippen molar-refractivity contribution in [2.75, 3.05) is 52.5 Å². The molecule has 140 valence electrons. The number of nitrogens with zero attached hydrogens (tertiary/aromatic N) is 4. The zero-order valence-corrected chi connectivity index (χ0v) is 16.2. The van der Waals surface area contributed by atoms with E-state index in [1.165, 1.54) is 22.5 Å². The number of benzene rings is 1. The number of hydrogen-bond donors (Lipinski definition) is 0. The maximum atomic E-state index is 6.00. The molecule has 0 amide bonds. The topological polar surface area (TPSA) is 31.3 Å². The average Bonchev–Trinajstić information content (AvgIpc) is 3.09. The summed E-state index contributed by atoms with van der Waals surface area (Å²) in [5, 5.41) is 7.93. The van der Waals surface area contributed by atoms with Crippen molar-refractivity contribution in [1.29, 1.82) is 0 Å². The van der Waals surface area contributed by atoms with Gasteiger partial charge < -0.3 is 9.64 Å². The summed E-state index contributed by atoms with van der Waals surface area (Å²) >= 11 is 6.00. The van der Waals surface area contributed by atoms with Crippen LogP contribution in [0.15, 0.2) is 40.6 Å². The Hall–Kier alpha value is -1.56. The molecule has 1 fully saturated rings. The molecule has 0 N–H and O–H groups in total. The largest absolute Gasteiger partial charge is 0.379 e. The number of morpholine rings is 1. The van der Waals surface area contributed by atoms with Gasteiger partial charge in [0.15, 0.2) is 0 Å². The van der Waals surface area contributed by atoms with Crippen LogP contribution in [0.5, 0.6) is 0 Å². The lowest BCUT2D eigenvalue weighted by Gasteiger charge is -2.31. The molecule has 0 bridgehead atoms. The van der Waals surface area contributed by atoms with E-state index in [4.69, 9.17) is 21.4 Å². The Labute approximate surface area is 160 Å². The van der Waals surface area contributed by atoms with Crippen molar-refractivity contribution in [3.8, 4) is 0 Å². The molecule has 1 aromatic rings. The highest BCUT2D eigenvalue weighted by Crippen LogP contribution is 2.27. The van der Waals surface area contributed by atoms with Crippen molar-refractivity contribution < 1.29 is 4.74 Å². The number of fused-ring (bicyclic) bond motifs is 1. The monoisotopic (exact) mass is 374 g/mol. The lowest BCUT2D eigenvalue weighted by Crippen LogP contribution is -2.40. The van der Waals surface area contributed by atoms with E-state index >= 15 is 0 Å². The van der Waals surface area contributed by atoms with Gasteiger partial charge in [-0.15, -0.1) is 0 Å². The van der Waals surface area contributed by atoms with Crippen LogP contribution in [0.1, 0.15) is 18.9 Å². The van der Waals surface area contributed by atoms with Gasteiger partial charge in [-0.25, -0.2) is 0 Å². The molecule has 0 aliphatic carbocycles. The fourth-order valence-electron chi connectivity index (χ4n) is 3.88. The van der Waals surface area contributed by atoms with Crippen LogP contribution >= 0.6 is 11.6 Å². The van der Waals surface area contributed by atoms with E-state index in [0.29, 0.717) is 0 Å². The van der Waals surface area contributed by atoms with E-state index in [0.717, 1.165) is 70.5 Å². The maximum absolute atomic E-state index is 6.00. The van der Waals surface area contributed by atoms with Crippen molar-refractivity contribution in [2.45, 2.75) is 19.9 Å². The fourth-order valence-corrected chi connectivity index (χ4v) is 4.01. The molecule has 4 rings (SSSR count). The van der Waals surface area contributed by atoms with Crippen LogP contribution in [0.3, 0.4) is 0 Å². The molecule has 0 radical (unpaired) electrons. The van der Waals surface area contributed by atoms with Crippen molar-refractivity contribution >= 4 is 17.3 Å². The Balaban J connectivity index is 1.37. The van der Waals surface area contributed by atoms with Crippen LogP contribution < -0.4 is 0 Å². The second kappa shape index (κ2) is 7.99. The highest BCUT2D eigenvalue weighted by Gasteiger charge is 2.28. The smallest absolute Gasteiger partial charge is 0.0690 e. The zero-order valence-electron chi connectivity index (χ0n) is 15.5. The summed E-state index contributed by atoms with van der Waals surface area (Å²) in [5.41, 5.74) is 5.39. The fraction of sp³-hybridized carbons (Fsp3) is 0.550. The van der Waals surface area contributed by atoms with Crippen molar-refractivity contribution in [1.82, 2.24) is 14.8 Å². The number of hydrazone groups is 1. The van der Waals surface area contributed by atoms with E-state index in [1.807, 2.05) is 12.1 Å². The molecule has 5 nitrogen and oxygen atoms in total. The minimum atomic E-state index is 0.795. The van der Waals surface area contributed by atoms with Crippen LogP contribution in [-0.2, 0) is 11.3 Å². The molecule has 26 heavy (non-hydrogen) atoms. The Morgan fingerprint density at radius 1 is 1.08 bits per heavy atom. The predicted octanol–water partition coefficient (Wildman–Crippen LogP) is 2.82. The van der Waals surface area contributed by atoms with Gasteiger partial charge in [0.2, 0.25) is 0 Å². The third-order valence-corrected chi connectivity index (χ3v) is 5.80. The molecular weight excluding hydrogens is 348 g/mol. The minimum Gasteiger partial charge on any atom is -0.379 e. The molecule has 3 aliphatic heterocycles. The molecule has 6 heteroatoms. The van der Waals surface area contributed by atoms with Crippen molar-refractivity contribution in [2.24, 2.45) is 5.10 Å². The van der Waals surface area contributed by atoms with Crippen molar-refractivity contribution in [3.63, 3.8) is 0 Å². The molecule has 0 unspecified atom stereocenters. The first-order valence-electron chi connectivity index (χ1n) is 9.51. The van der Waals surface area contributed by atoms with Gasteiger partial charge in [-0.2, -0.15) is 5.10 Å². The Morgan fingerprint density at radius 3 is 2.62 bits per heavy atom. The van der Waals surface area contributed by atoms with Crippen molar-refractivity contribution in [3.05, 3.63) is 46.1 Å². The Kier molecular flexibility index (Phi) is 5.48. The van der Waals surface area contributed by atoms with Gasteiger partial charge in [0.05, 0.1) is 25.5 Å². The summed E-state index contributed by atoms with van der Waals surface area (Å²) in [5.74, 6) is 0. The van der Waals surface area contributed by atoms with E-state index in [1.54, 1.807) is 0 Å². The van der Waals surface area contributed by atoms with Gasteiger partial charge in [0.1, 0.15) is 0 Å². The third kappa shape index (κ3) is 4.05. The van der Waals surface area contributed by atoms with E-state index < -0.39 is 0 Å². The predicted molar refractivity (Wildman–Crippen MR) is 105 cm³/mol. The minimum absolute atomic E-state index is 0.795. The molecule has 0 spiro atoms. The first-order valence-corrected chi connectivity index (χ1v) is 9.89. The Morgan fingerprint density at radius 2 is 1.85 bits per heavy atom. The van der Waals surface area contributed by atoms with Gasteiger partial charge in [0.25, 0.3) is 0 Å². The molecule has 1 saturated heterocycles. The number of halogens is 1. The van der Waals surface area contributed by atoms with Gasteiger partial charge in [-0.05, 0) is 24.6 Å². The molecular formula is C20H27ClN4O. The SMILES string of the molecule is CC1=C2CN(CCN3CCOCC3)N=C2CCN1Cc1ccc(Cl)cc1. The molecule has 3 heterocycles. The third-order valence-electron chi connectivity index (χ3n) is 5.55. The second-order valence-electron chi connectivity index (χ2n) is 7.25. The number of ether oxygens (including phenoxy) is 1.